The van der Waals surface area contributed by atoms with E-state index < -0.39 is 0 Å². The second-order valence-corrected chi connectivity index (χ2v) is 6.52. The zero-order chi connectivity index (χ0) is 14.8. The number of amides is 1. The Morgan fingerprint density at radius 2 is 2.14 bits per heavy atom. The molecule has 0 saturated carbocycles. The molecule has 1 aromatic rings. The Bertz CT molecular complexity index is 510. The van der Waals surface area contributed by atoms with Gasteiger partial charge in [0, 0.05) is 37.1 Å². The third kappa shape index (κ3) is 3.06. The molecule has 2 atom stereocenters. The van der Waals surface area contributed by atoms with Crippen molar-refractivity contribution in [2.75, 3.05) is 6.54 Å². The molecule has 4 nitrogen and oxygen atoms in total. The van der Waals surface area contributed by atoms with Crippen LogP contribution in [0.2, 0.25) is 5.02 Å². The van der Waals surface area contributed by atoms with Gasteiger partial charge >= 0.3 is 0 Å². The maximum Gasteiger partial charge on any atom is 0.255 e. The molecule has 2 aliphatic heterocycles. The van der Waals surface area contributed by atoms with Gasteiger partial charge < -0.3 is 10.2 Å². The van der Waals surface area contributed by atoms with Crippen molar-refractivity contribution in [2.24, 2.45) is 0 Å². The Morgan fingerprint density at radius 3 is 2.76 bits per heavy atom. The van der Waals surface area contributed by atoms with Crippen molar-refractivity contribution in [3.63, 3.8) is 0 Å². The molecule has 1 aromatic heterocycles. The SMILES string of the molecule is CCCN(C(=O)c1ccncc1Cl)C1CC2CCC(C1)N2. The minimum absolute atomic E-state index is 0.0514. The number of fused-ring (bicyclic) bond motifs is 2. The highest BCUT2D eigenvalue weighted by molar-refractivity contribution is 6.33. The Labute approximate surface area is 130 Å². The molecule has 114 valence electrons. The lowest BCUT2D eigenvalue weighted by Gasteiger charge is -2.38. The molecule has 2 bridgehead atoms. The van der Waals surface area contributed by atoms with E-state index in [9.17, 15) is 4.79 Å². The highest BCUT2D eigenvalue weighted by Crippen LogP contribution is 2.31. The molecule has 2 aliphatic rings. The first-order chi connectivity index (χ1) is 10.2. The van der Waals surface area contributed by atoms with E-state index in [1.54, 1.807) is 18.5 Å². The summed E-state index contributed by atoms with van der Waals surface area (Å²) in [5.74, 6) is 0.0514. The fraction of sp³-hybridized carbons (Fsp3) is 0.625. The van der Waals surface area contributed by atoms with Gasteiger partial charge in [0.15, 0.2) is 0 Å². The average Bonchev–Trinajstić information content (AvgIpc) is 2.83. The molecule has 0 spiro atoms. The van der Waals surface area contributed by atoms with Crippen LogP contribution in [0.5, 0.6) is 0 Å². The van der Waals surface area contributed by atoms with Crippen LogP contribution >= 0.6 is 11.6 Å². The zero-order valence-electron chi connectivity index (χ0n) is 12.4. The van der Waals surface area contributed by atoms with E-state index in [4.69, 9.17) is 11.6 Å². The summed E-state index contributed by atoms with van der Waals surface area (Å²) in [6, 6.07) is 3.21. The molecule has 2 saturated heterocycles. The van der Waals surface area contributed by atoms with E-state index in [1.165, 1.54) is 12.8 Å². The number of carbonyl (C=O) groups is 1. The van der Waals surface area contributed by atoms with Crippen molar-refractivity contribution in [1.82, 2.24) is 15.2 Å². The van der Waals surface area contributed by atoms with Gasteiger partial charge in [-0.3, -0.25) is 9.78 Å². The first-order valence-corrected chi connectivity index (χ1v) is 8.23. The largest absolute Gasteiger partial charge is 0.336 e. The normalized spacial score (nSPS) is 27.6. The number of halogens is 1. The fourth-order valence-corrected chi connectivity index (χ4v) is 3.88. The summed E-state index contributed by atoms with van der Waals surface area (Å²) in [4.78, 5) is 18.9. The molecule has 1 N–H and O–H groups in total. The number of aromatic nitrogens is 1. The van der Waals surface area contributed by atoms with Crippen molar-refractivity contribution in [2.45, 2.75) is 57.2 Å². The van der Waals surface area contributed by atoms with Crippen LogP contribution in [0.4, 0.5) is 0 Å². The van der Waals surface area contributed by atoms with Crippen molar-refractivity contribution < 1.29 is 4.79 Å². The quantitative estimate of drug-likeness (QED) is 0.930. The van der Waals surface area contributed by atoms with Crippen LogP contribution in [0, 0.1) is 0 Å². The van der Waals surface area contributed by atoms with Crippen LogP contribution in [-0.4, -0.2) is 40.5 Å². The van der Waals surface area contributed by atoms with Crippen LogP contribution in [0.3, 0.4) is 0 Å². The van der Waals surface area contributed by atoms with Gasteiger partial charge in [-0.1, -0.05) is 18.5 Å². The molecule has 3 rings (SSSR count). The Balaban J connectivity index is 1.81. The third-order valence-electron chi connectivity index (χ3n) is 4.62. The van der Waals surface area contributed by atoms with E-state index in [0.717, 1.165) is 25.8 Å². The Kier molecular flexibility index (Phi) is 4.45. The molecule has 2 fully saturated rings. The van der Waals surface area contributed by atoms with Crippen LogP contribution in [-0.2, 0) is 0 Å². The van der Waals surface area contributed by atoms with Crippen molar-refractivity contribution in [3.8, 4) is 0 Å². The van der Waals surface area contributed by atoms with E-state index in [-0.39, 0.29) is 5.91 Å². The number of nitrogens with zero attached hydrogens (tertiary/aromatic N) is 2. The van der Waals surface area contributed by atoms with Crippen molar-refractivity contribution >= 4 is 17.5 Å². The molecule has 0 aromatic carbocycles. The fourth-order valence-electron chi connectivity index (χ4n) is 3.68. The number of pyridine rings is 1. The van der Waals surface area contributed by atoms with E-state index in [2.05, 4.69) is 17.2 Å². The summed E-state index contributed by atoms with van der Waals surface area (Å²) in [5.41, 5.74) is 0.575. The van der Waals surface area contributed by atoms with Gasteiger partial charge in [-0.15, -0.1) is 0 Å². The molecule has 21 heavy (non-hydrogen) atoms. The number of carbonyl (C=O) groups excluding carboxylic acids is 1. The highest BCUT2D eigenvalue weighted by Gasteiger charge is 2.37. The van der Waals surface area contributed by atoms with E-state index in [1.807, 2.05) is 4.90 Å². The molecular formula is C16H22ClN3O. The summed E-state index contributed by atoms with van der Waals surface area (Å²) < 4.78 is 0. The molecule has 0 aliphatic carbocycles. The smallest absolute Gasteiger partial charge is 0.255 e. The zero-order valence-corrected chi connectivity index (χ0v) is 13.1. The van der Waals surface area contributed by atoms with Crippen molar-refractivity contribution in [3.05, 3.63) is 29.0 Å². The van der Waals surface area contributed by atoms with E-state index >= 15 is 0 Å². The molecule has 1 amide bonds. The second-order valence-electron chi connectivity index (χ2n) is 6.12. The van der Waals surface area contributed by atoms with Crippen LogP contribution < -0.4 is 5.32 Å². The lowest BCUT2D eigenvalue weighted by Crippen LogP contribution is -2.50. The lowest BCUT2D eigenvalue weighted by atomic mass is 9.97. The number of nitrogens with one attached hydrogen (secondary N) is 1. The van der Waals surface area contributed by atoms with Crippen molar-refractivity contribution in [1.29, 1.82) is 0 Å². The number of hydrogen-bond acceptors (Lipinski definition) is 3. The lowest BCUT2D eigenvalue weighted by molar-refractivity contribution is 0.0617. The number of piperidine rings is 1. The van der Waals surface area contributed by atoms with Crippen LogP contribution in [0.25, 0.3) is 0 Å². The number of rotatable bonds is 4. The Hall–Kier alpha value is -1.13. The van der Waals surface area contributed by atoms with Crippen LogP contribution in [0.1, 0.15) is 49.4 Å². The summed E-state index contributed by atoms with van der Waals surface area (Å²) in [5, 5.41) is 4.08. The van der Waals surface area contributed by atoms with Gasteiger partial charge in [-0.2, -0.15) is 0 Å². The standard InChI is InChI=1S/C16H22ClN3O/c1-2-7-20(13-8-11-3-4-12(9-13)19-11)16(21)14-5-6-18-10-15(14)17/h5-6,10-13,19H,2-4,7-9H2,1H3. The number of hydrogen-bond donors (Lipinski definition) is 1. The maximum absolute atomic E-state index is 12.9. The van der Waals surface area contributed by atoms with Gasteiger partial charge in [0.25, 0.3) is 5.91 Å². The monoisotopic (exact) mass is 307 g/mol. The third-order valence-corrected chi connectivity index (χ3v) is 4.92. The minimum Gasteiger partial charge on any atom is -0.336 e. The minimum atomic E-state index is 0.0514. The van der Waals surface area contributed by atoms with Gasteiger partial charge in [-0.05, 0) is 38.2 Å². The summed E-state index contributed by atoms with van der Waals surface area (Å²) in [6.07, 6.45) is 8.75. The van der Waals surface area contributed by atoms with Gasteiger partial charge in [-0.25, -0.2) is 0 Å². The van der Waals surface area contributed by atoms with Crippen LogP contribution in [0.15, 0.2) is 18.5 Å². The van der Waals surface area contributed by atoms with Gasteiger partial charge in [0.2, 0.25) is 0 Å². The Morgan fingerprint density at radius 1 is 1.43 bits per heavy atom. The molecule has 0 radical (unpaired) electrons. The molecule has 3 heterocycles. The average molecular weight is 308 g/mol. The van der Waals surface area contributed by atoms with E-state index in [0.29, 0.717) is 28.7 Å². The summed E-state index contributed by atoms with van der Waals surface area (Å²) in [7, 11) is 0. The highest BCUT2D eigenvalue weighted by atomic mass is 35.5. The summed E-state index contributed by atoms with van der Waals surface area (Å²) in [6.45, 7) is 2.91. The molecule has 2 unspecified atom stereocenters. The topological polar surface area (TPSA) is 45.2 Å². The first kappa shape index (κ1) is 14.8. The summed E-state index contributed by atoms with van der Waals surface area (Å²) >= 11 is 6.15. The molecular weight excluding hydrogens is 286 g/mol. The molecule has 5 heteroatoms. The first-order valence-electron chi connectivity index (χ1n) is 7.85. The maximum atomic E-state index is 12.9. The predicted molar refractivity (Wildman–Crippen MR) is 83.5 cm³/mol. The van der Waals surface area contributed by atoms with Gasteiger partial charge in [0.05, 0.1) is 10.6 Å². The predicted octanol–water partition coefficient (Wildman–Crippen LogP) is 2.87. The van der Waals surface area contributed by atoms with Gasteiger partial charge in [0.1, 0.15) is 0 Å². The second kappa shape index (κ2) is 6.32.